The Morgan fingerprint density at radius 3 is 2.50 bits per heavy atom. The molecule has 0 amide bonds. The molecule has 0 spiro atoms. The van der Waals surface area contributed by atoms with E-state index < -0.39 is 0 Å². The number of piperazine rings is 1. The summed E-state index contributed by atoms with van der Waals surface area (Å²) in [6.45, 7) is 7.05. The molecule has 2 rings (SSSR count). The quantitative estimate of drug-likeness (QED) is 0.619. The van der Waals surface area contributed by atoms with Crippen LogP contribution in [0, 0.1) is 0 Å². The lowest BCUT2D eigenvalue weighted by atomic mass is 9.92. The van der Waals surface area contributed by atoms with Crippen molar-refractivity contribution in [2.75, 3.05) is 39.3 Å². The maximum Gasteiger partial charge on any atom is 0.0108 e. The molecule has 94 valence electrons. The molecule has 0 aromatic rings. The highest BCUT2D eigenvalue weighted by Gasteiger charge is 2.18. The Morgan fingerprint density at radius 2 is 1.81 bits per heavy atom. The molecule has 1 heterocycles. The number of nitrogens with two attached hydrogens (primary N) is 1. The van der Waals surface area contributed by atoms with Gasteiger partial charge in [0.2, 0.25) is 0 Å². The van der Waals surface area contributed by atoms with Gasteiger partial charge in [-0.25, -0.2) is 0 Å². The molecule has 0 radical (unpaired) electrons. The summed E-state index contributed by atoms with van der Waals surface area (Å²) in [6, 6.07) is 1.19. The van der Waals surface area contributed by atoms with Gasteiger partial charge in [-0.2, -0.15) is 0 Å². The number of hydrogen-bond donors (Lipinski definition) is 3. The monoisotopic (exact) mass is 226 g/mol. The molecule has 0 aromatic carbocycles. The minimum atomic E-state index is 0.464. The molecule has 1 saturated heterocycles. The number of hydrogen-bond acceptors (Lipinski definition) is 4. The zero-order valence-corrected chi connectivity index (χ0v) is 10.3. The van der Waals surface area contributed by atoms with Crippen molar-refractivity contribution in [1.29, 1.82) is 0 Å². The molecule has 1 aliphatic heterocycles. The van der Waals surface area contributed by atoms with Crippen LogP contribution in [-0.2, 0) is 0 Å². The summed E-state index contributed by atoms with van der Waals surface area (Å²) in [5.41, 5.74) is 5.90. The van der Waals surface area contributed by atoms with Gasteiger partial charge >= 0.3 is 0 Å². The van der Waals surface area contributed by atoms with Gasteiger partial charge < -0.3 is 16.4 Å². The van der Waals surface area contributed by atoms with Gasteiger partial charge in [0.25, 0.3) is 0 Å². The van der Waals surface area contributed by atoms with E-state index in [0.717, 1.165) is 25.7 Å². The van der Waals surface area contributed by atoms with Gasteiger partial charge in [-0.1, -0.05) is 0 Å². The summed E-state index contributed by atoms with van der Waals surface area (Å²) in [5, 5.41) is 7.06. The largest absolute Gasteiger partial charge is 0.328 e. The summed E-state index contributed by atoms with van der Waals surface area (Å²) >= 11 is 0. The highest BCUT2D eigenvalue weighted by atomic mass is 15.2. The predicted octanol–water partition coefficient (Wildman–Crippen LogP) is -0.249. The van der Waals surface area contributed by atoms with Gasteiger partial charge in [-0.3, -0.25) is 4.90 Å². The Kier molecular flexibility index (Phi) is 5.03. The Bertz CT molecular complexity index is 183. The second kappa shape index (κ2) is 6.55. The molecule has 4 N–H and O–H groups in total. The van der Waals surface area contributed by atoms with E-state index in [-0.39, 0.29) is 0 Å². The van der Waals surface area contributed by atoms with E-state index >= 15 is 0 Å². The van der Waals surface area contributed by atoms with E-state index in [1.54, 1.807) is 0 Å². The number of nitrogens with zero attached hydrogens (tertiary/aromatic N) is 1. The molecule has 0 atom stereocenters. The first-order chi connectivity index (χ1) is 7.84. The van der Waals surface area contributed by atoms with Crippen LogP contribution >= 0.6 is 0 Å². The minimum Gasteiger partial charge on any atom is -0.328 e. The Morgan fingerprint density at radius 1 is 1.12 bits per heavy atom. The fourth-order valence-electron chi connectivity index (χ4n) is 2.68. The van der Waals surface area contributed by atoms with Crippen molar-refractivity contribution in [2.24, 2.45) is 5.73 Å². The summed E-state index contributed by atoms with van der Waals surface area (Å²) in [5.74, 6) is 0. The van der Waals surface area contributed by atoms with Gasteiger partial charge in [0.15, 0.2) is 0 Å². The van der Waals surface area contributed by atoms with E-state index in [4.69, 9.17) is 5.73 Å². The zero-order chi connectivity index (χ0) is 11.2. The molecular formula is C12H26N4. The second-order valence-corrected chi connectivity index (χ2v) is 5.16. The fraction of sp³-hybridized carbons (Fsp3) is 1.00. The highest BCUT2D eigenvalue weighted by Crippen LogP contribution is 2.16. The van der Waals surface area contributed by atoms with Gasteiger partial charge in [-0.05, 0) is 25.7 Å². The first-order valence-electron chi connectivity index (χ1n) is 6.76. The molecule has 1 aliphatic carbocycles. The van der Waals surface area contributed by atoms with Gasteiger partial charge in [0.1, 0.15) is 0 Å². The first-order valence-corrected chi connectivity index (χ1v) is 6.76. The van der Waals surface area contributed by atoms with E-state index in [0.29, 0.717) is 6.04 Å². The molecule has 0 unspecified atom stereocenters. The summed E-state index contributed by atoms with van der Waals surface area (Å²) in [6.07, 6.45) is 4.93. The lowest BCUT2D eigenvalue weighted by Crippen LogP contribution is -2.47. The maximum atomic E-state index is 5.90. The van der Waals surface area contributed by atoms with Crippen molar-refractivity contribution in [3.8, 4) is 0 Å². The van der Waals surface area contributed by atoms with Crippen LogP contribution in [0.25, 0.3) is 0 Å². The third kappa shape index (κ3) is 4.01. The number of rotatable bonds is 4. The molecule has 4 nitrogen and oxygen atoms in total. The van der Waals surface area contributed by atoms with Crippen molar-refractivity contribution in [3.63, 3.8) is 0 Å². The molecule has 16 heavy (non-hydrogen) atoms. The summed E-state index contributed by atoms with van der Waals surface area (Å²) in [4.78, 5) is 2.54. The Hall–Kier alpha value is -0.160. The van der Waals surface area contributed by atoms with Gasteiger partial charge in [-0.15, -0.1) is 0 Å². The van der Waals surface area contributed by atoms with Crippen molar-refractivity contribution >= 4 is 0 Å². The first kappa shape index (κ1) is 12.3. The summed E-state index contributed by atoms with van der Waals surface area (Å²) in [7, 11) is 0. The van der Waals surface area contributed by atoms with Crippen LogP contribution in [0.5, 0.6) is 0 Å². The third-order valence-electron chi connectivity index (χ3n) is 3.84. The maximum absolute atomic E-state index is 5.90. The van der Waals surface area contributed by atoms with Crippen LogP contribution in [0.2, 0.25) is 0 Å². The van der Waals surface area contributed by atoms with E-state index in [1.165, 1.54) is 45.3 Å². The van der Waals surface area contributed by atoms with Crippen LogP contribution in [-0.4, -0.2) is 56.3 Å². The van der Waals surface area contributed by atoms with Crippen LogP contribution in [0.4, 0.5) is 0 Å². The number of nitrogens with one attached hydrogen (secondary N) is 2. The van der Waals surface area contributed by atoms with Crippen LogP contribution < -0.4 is 16.4 Å². The Labute approximate surface area is 98.9 Å². The standard InChI is InChI=1S/C12H26N4/c13-11-1-3-12(4-2-11)15-7-10-16-8-5-14-6-9-16/h11-12,14-15H,1-10,13H2. The summed E-state index contributed by atoms with van der Waals surface area (Å²) < 4.78 is 0. The minimum absolute atomic E-state index is 0.464. The van der Waals surface area contributed by atoms with Crippen molar-refractivity contribution in [3.05, 3.63) is 0 Å². The van der Waals surface area contributed by atoms with Crippen molar-refractivity contribution in [1.82, 2.24) is 15.5 Å². The molecule has 0 aromatic heterocycles. The van der Waals surface area contributed by atoms with Crippen molar-refractivity contribution < 1.29 is 0 Å². The molecule has 4 heteroatoms. The molecule has 2 aliphatic rings. The molecule has 2 fully saturated rings. The fourth-order valence-corrected chi connectivity index (χ4v) is 2.68. The van der Waals surface area contributed by atoms with Crippen molar-refractivity contribution in [2.45, 2.75) is 37.8 Å². The van der Waals surface area contributed by atoms with E-state index in [1.807, 2.05) is 0 Å². The Balaban J connectivity index is 1.53. The van der Waals surface area contributed by atoms with Crippen LogP contribution in [0.15, 0.2) is 0 Å². The average molecular weight is 226 g/mol. The average Bonchev–Trinajstić information content (AvgIpc) is 2.33. The van der Waals surface area contributed by atoms with E-state index in [9.17, 15) is 0 Å². The third-order valence-corrected chi connectivity index (χ3v) is 3.84. The predicted molar refractivity (Wildman–Crippen MR) is 67.5 cm³/mol. The second-order valence-electron chi connectivity index (χ2n) is 5.16. The molecular weight excluding hydrogens is 200 g/mol. The van der Waals surface area contributed by atoms with Gasteiger partial charge in [0, 0.05) is 51.4 Å². The SMILES string of the molecule is NC1CCC(NCCN2CCNCC2)CC1. The lowest BCUT2D eigenvalue weighted by Gasteiger charge is -2.30. The normalized spacial score (nSPS) is 32.8. The zero-order valence-electron chi connectivity index (χ0n) is 10.3. The highest BCUT2D eigenvalue weighted by molar-refractivity contribution is 4.79. The smallest absolute Gasteiger partial charge is 0.0108 e. The molecule has 1 saturated carbocycles. The molecule has 0 bridgehead atoms. The van der Waals surface area contributed by atoms with Crippen LogP contribution in [0.1, 0.15) is 25.7 Å². The topological polar surface area (TPSA) is 53.3 Å². The van der Waals surface area contributed by atoms with E-state index in [2.05, 4.69) is 15.5 Å². The van der Waals surface area contributed by atoms with Crippen LogP contribution in [0.3, 0.4) is 0 Å². The van der Waals surface area contributed by atoms with Gasteiger partial charge in [0.05, 0.1) is 0 Å². The lowest BCUT2D eigenvalue weighted by molar-refractivity contribution is 0.232.